The van der Waals surface area contributed by atoms with Crippen molar-refractivity contribution >= 4 is 27.5 Å². The minimum atomic E-state index is -2.99. The molecule has 8 nitrogen and oxygen atoms in total. The third-order valence-corrected chi connectivity index (χ3v) is 6.26. The summed E-state index contributed by atoms with van der Waals surface area (Å²) in [4.78, 5) is 13.0. The van der Waals surface area contributed by atoms with Crippen molar-refractivity contribution in [2.45, 2.75) is 18.9 Å². The highest BCUT2D eigenvalue weighted by Crippen LogP contribution is 2.28. The number of aryl methyl sites for hydroxylation is 1. The first-order valence-electron chi connectivity index (χ1n) is 7.67. The van der Waals surface area contributed by atoms with Crippen LogP contribution >= 0.6 is 11.8 Å². The zero-order chi connectivity index (χ0) is 17.2. The highest BCUT2D eigenvalue weighted by molar-refractivity contribution is 7.98. The molecule has 3 heterocycles. The molecule has 0 amide bonds. The van der Waals surface area contributed by atoms with Gasteiger partial charge in [0, 0.05) is 31.6 Å². The molecule has 1 aliphatic heterocycles. The molecule has 1 N–H and O–H groups in total. The van der Waals surface area contributed by atoms with Crippen molar-refractivity contribution in [1.82, 2.24) is 24.7 Å². The Balaban J connectivity index is 1.97. The number of thioether (sulfide) groups is 1. The van der Waals surface area contributed by atoms with Crippen molar-refractivity contribution in [2.75, 3.05) is 35.9 Å². The normalized spacial score (nSPS) is 19.5. The fourth-order valence-corrected chi connectivity index (χ4v) is 4.74. The second kappa shape index (κ2) is 7.06. The van der Waals surface area contributed by atoms with Crippen LogP contribution in [-0.2, 0) is 16.3 Å². The highest BCUT2D eigenvalue weighted by Gasteiger charge is 2.32. The van der Waals surface area contributed by atoms with Gasteiger partial charge in [0.2, 0.25) is 5.95 Å². The van der Waals surface area contributed by atoms with E-state index in [-0.39, 0.29) is 17.5 Å². The minimum absolute atomic E-state index is 0.112. The second-order valence-corrected chi connectivity index (χ2v) is 8.86. The summed E-state index contributed by atoms with van der Waals surface area (Å²) in [6, 6.07) is -0.176. The Bertz CT molecular complexity index is 803. The summed E-state index contributed by atoms with van der Waals surface area (Å²) in [5.74, 6) is 3.11. The number of nitrogens with one attached hydrogen (secondary N) is 1. The fraction of sp³-hybridized carbons (Fsp3) is 0.571. The average Bonchev–Trinajstić information content (AvgIpc) is 3.16. The summed E-state index contributed by atoms with van der Waals surface area (Å²) in [6.45, 7) is 0. The van der Waals surface area contributed by atoms with E-state index >= 15 is 0 Å². The van der Waals surface area contributed by atoms with Crippen LogP contribution in [0.2, 0.25) is 0 Å². The Morgan fingerprint density at radius 3 is 2.71 bits per heavy atom. The summed E-state index contributed by atoms with van der Waals surface area (Å²) in [5, 5.41) is 7.44. The third-order valence-electron chi connectivity index (χ3n) is 3.89. The van der Waals surface area contributed by atoms with Gasteiger partial charge in [-0.15, -0.1) is 0 Å². The van der Waals surface area contributed by atoms with Crippen LogP contribution in [0.15, 0.2) is 12.4 Å². The predicted molar refractivity (Wildman–Crippen MR) is 95.0 cm³/mol. The number of hydrogen-bond donors (Lipinski definition) is 1. The van der Waals surface area contributed by atoms with Crippen LogP contribution in [0.3, 0.4) is 0 Å². The van der Waals surface area contributed by atoms with Crippen molar-refractivity contribution in [2.24, 2.45) is 0 Å². The van der Waals surface area contributed by atoms with Crippen LogP contribution in [0.5, 0.6) is 0 Å². The van der Waals surface area contributed by atoms with Gasteiger partial charge in [-0.2, -0.15) is 16.9 Å². The third kappa shape index (κ3) is 3.69. The van der Waals surface area contributed by atoms with Gasteiger partial charge in [-0.25, -0.2) is 28.1 Å². The lowest BCUT2D eigenvalue weighted by Crippen LogP contribution is -2.14. The van der Waals surface area contributed by atoms with Gasteiger partial charge in [-0.1, -0.05) is 0 Å². The number of sulfone groups is 1. The standard InChI is InChI=1S/C14H20N6O2S2/c1-15-14-16-7-10(8-17-14)13-18-12(3-5-23-2)19-20(13)11-4-6-24(21,22)9-11/h7-8,11H,3-6,9H2,1-2H3,(H,15,16,17)/t11-/m0/s1. The van der Waals surface area contributed by atoms with E-state index in [1.807, 2.05) is 6.26 Å². The molecule has 0 unspecified atom stereocenters. The van der Waals surface area contributed by atoms with Crippen molar-refractivity contribution in [3.8, 4) is 11.4 Å². The van der Waals surface area contributed by atoms with Gasteiger partial charge in [0.1, 0.15) is 0 Å². The molecular weight excluding hydrogens is 348 g/mol. The Morgan fingerprint density at radius 2 is 2.12 bits per heavy atom. The largest absolute Gasteiger partial charge is 0.357 e. The molecular formula is C14H20N6O2S2. The Kier molecular flexibility index (Phi) is 5.04. The van der Waals surface area contributed by atoms with Gasteiger partial charge in [-0.05, 0) is 12.7 Å². The molecule has 0 bridgehead atoms. The van der Waals surface area contributed by atoms with Crippen LogP contribution in [-0.4, -0.2) is 63.7 Å². The van der Waals surface area contributed by atoms with Gasteiger partial charge in [-0.3, -0.25) is 0 Å². The number of nitrogens with zero attached hydrogens (tertiary/aromatic N) is 5. The SMILES string of the molecule is CNc1ncc(-c2nc(CCSC)nn2[C@H]2CCS(=O)(=O)C2)cn1. The van der Waals surface area contributed by atoms with E-state index in [0.29, 0.717) is 18.2 Å². The van der Waals surface area contributed by atoms with E-state index in [1.165, 1.54) is 0 Å². The molecule has 1 aliphatic rings. The molecule has 0 aromatic carbocycles. The molecule has 1 fully saturated rings. The van der Waals surface area contributed by atoms with Gasteiger partial charge < -0.3 is 5.32 Å². The molecule has 1 saturated heterocycles. The van der Waals surface area contributed by atoms with Crippen LogP contribution in [0.25, 0.3) is 11.4 Å². The molecule has 130 valence electrons. The van der Waals surface area contributed by atoms with Gasteiger partial charge in [0.25, 0.3) is 0 Å². The van der Waals surface area contributed by atoms with Crippen LogP contribution in [0.4, 0.5) is 5.95 Å². The quantitative estimate of drug-likeness (QED) is 0.807. The highest BCUT2D eigenvalue weighted by atomic mass is 32.2. The lowest BCUT2D eigenvalue weighted by Gasteiger charge is -2.11. The van der Waals surface area contributed by atoms with Crippen LogP contribution < -0.4 is 5.32 Å². The van der Waals surface area contributed by atoms with Gasteiger partial charge >= 0.3 is 0 Å². The molecule has 0 aliphatic carbocycles. The maximum absolute atomic E-state index is 11.8. The topological polar surface area (TPSA) is 103 Å². The number of anilines is 1. The van der Waals surface area contributed by atoms with E-state index in [1.54, 1.807) is 35.9 Å². The lowest BCUT2D eigenvalue weighted by molar-refractivity contribution is 0.500. The Morgan fingerprint density at radius 1 is 1.38 bits per heavy atom. The van der Waals surface area contributed by atoms with E-state index in [0.717, 1.165) is 23.6 Å². The second-order valence-electron chi connectivity index (χ2n) is 5.64. The van der Waals surface area contributed by atoms with Crippen molar-refractivity contribution in [3.63, 3.8) is 0 Å². The molecule has 24 heavy (non-hydrogen) atoms. The smallest absolute Gasteiger partial charge is 0.222 e. The van der Waals surface area contributed by atoms with E-state index in [9.17, 15) is 8.42 Å². The summed E-state index contributed by atoms with van der Waals surface area (Å²) in [7, 11) is -1.24. The monoisotopic (exact) mass is 368 g/mol. The van der Waals surface area contributed by atoms with Gasteiger partial charge in [0.05, 0.1) is 23.1 Å². The van der Waals surface area contributed by atoms with E-state index < -0.39 is 9.84 Å². The van der Waals surface area contributed by atoms with Crippen molar-refractivity contribution in [3.05, 3.63) is 18.2 Å². The van der Waals surface area contributed by atoms with Crippen molar-refractivity contribution < 1.29 is 8.42 Å². The average molecular weight is 368 g/mol. The summed E-state index contributed by atoms with van der Waals surface area (Å²) < 4.78 is 25.4. The maximum atomic E-state index is 11.8. The summed E-state index contributed by atoms with van der Waals surface area (Å²) in [5.41, 5.74) is 0.737. The molecule has 10 heteroatoms. The molecule has 0 spiro atoms. The first-order chi connectivity index (χ1) is 11.5. The maximum Gasteiger partial charge on any atom is 0.222 e. The number of hydrogen-bond acceptors (Lipinski definition) is 8. The lowest BCUT2D eigenvalue weighted by atomic mass is 10.2. The molecule has 0 saturated carbocycles. The van der Waals surface area contributed by atoms with Crippen LogP contribution in [0.1, 0.15) is 18.3 Å². The van der Waals surface area contributed by atoms with E-state index in [4.69, 9.17) is 0 Å². The first kappa shape index (κ1) is 17.2. The molecule has 0 radical (unpaired) electrons. The summed E-state index contributed by atoms with van der Waals surface area (Å²) in [6.07, 6.45) is 6.71. The number of aromatic nitrogens is 5. The predicted octanol–water partition coefficient (Wildman–Crippen LogP) is 1.04. The van der Waals surface area contributed by atoms with Gasteiger partial charge in [0.15, 0.2) is 21.5 Å². The Hall–Kier alpha value is -1.68. The first-order valence-corrected chi connectivity index (χ1v) is 10.9. The van der Waals surface area contributed by atoms with Crippen LogP contribution in [0, 0.1) is 0 Å². The molecule has 2 aromatic heterocycles. The molecule has 1 atom stereocenters. The molecule has 3 rings (SSSR count). The fourth-order valence-electron chi connectivity index (χ4n) is 2.66. The molecule has 2 aromatic rings. The zero-order valence-corrected chi connectivity index (χ0v) is 15.3. The Labute approximate surface area is 145 Å². The van der Waals surface area contributed by atoms with Crippen molar-refractivity contribution in [1.29, 1.82) is 0 Å². The number of rotatable bonds is 6. The minimum Gasteiger partial charge on any atom is -0.357 e. The summed E-state index contributed by atoms with van der Waals surface area (Å²) >= 11 is 1.73. The van der Waals surface area contributed by atoms with E-state index in [2.05, 4.69) is 25.4 Å². The zero-order valence-electron chi connectivity index (χ0n) is 13.6.